The van der Waals surface area contributed by atoms with Crippen LogP contribution in [0.15, 0.2) is 59.5 Å². The molecule has 6 heteroatoms. The summed E-state index contributed by atoms with van der Waals surface area (Å²) in [4.78, 5) is 13.1. The fourth-order valence-corrected chi connectivity index (χ4v) is 5.26. The van der Waals surface area contributed by atoms with E-state index in [-0.39, 0.29) is 17.9 Å². The number of hydrogen-bond donors (Lipinski definition) is 1. The molecule has 0 saturated carbocycles. The van der Waals surface area contributed by atoms with Gasteiger partial charge in [-0.1, -0.05) is 49.4 Å². The molecule has 3 rings (SSSR count). The van der Waals surface area contributed by atoms with E-state index in [1.165, 1.54) is 9.87 Å². The zero-order valence-electron chi connectivity index (χ0n) is 16.5. The van der Waals surface area contributed by atoms with Gasteiger partial charge in [0, 0.05) is 19.0 Å². The van der Waals surface area contributed by atoms with Crippen LogP contribution in [0.25, 0.3) is 0 Å². The highest BCUT2D eigenvalue weighted by molar-refractivity contribution is 7.89. The topological polar surface area (TPSA) is 66.5 Å². The maximum Gasteiger partial charge on any atom is 0.243 e. The summed E-state index contributed by atoms with van der Waals surface area (Å²) in [6, 6.07) is 16.6. The van der Waals surface area contributed by atoms with Gasteiger partial charge in [-0.2, -0.15) is 4.31 Å². The molecular weight excluding hydrogens is 372 g/mol. The molecule has 1 atom stereocenters. The molecule has 0 radical (unpaired) electrons. The summed E-state index contributed by atoms with van der Waals surface area (Å²) >= 11 is 0. The van der Waals surface area contributed by atoms with E-state index in [9.17, 15) is 13.2 Å². The molecular formula is C22H28N2O3S. The van der Waals surface area contributed by atoms with E-state index in [0.717, 1.165) is 12.0 Å². The first-order valence-electron chi connectivity index (χ1n) is 9.84. The Labute approximate surface area is 167 Å². The van der Waals surface area contributed by atoms with Crippen LogP contribution in [-0.2, 0) is 14.8 Å². The number of benzene rings is 2. The second kappa shape index (κ2) is 8.88. The van der Waals surface area contributed by atoms with E-state index in [2.05, 4.69) is 31.3 Å². The van der Waals surface area contributed by atoms with Gasteiger partial charge in [-0.25, -0.2) is 8.42 Å². The molecule has 1 fully saturated rings. The second-order valence-electron chi connectivity index (χ2n) is 7.32. The van der Waals surface area contributed by atoms with E-state index >= 15 is 0 Å². The van der Waals surface area contributed by atoms with Gasteiger partial charge in [0.05, 0.1) is 10.9 Å². The molecule has 150 valence electrons. The van der Waals surface area contributed by atoms with Gasteiger partial charge in [-0.3, -0.25) is 4.79 Å². The summed E-state index contributed by atoms with van der Waals surface area (Å²) < 4.78 is 27.0. The lowest BCUT2D eigenvalue weighted by atomic mass is 9.94. The maximum atomic E-state index is 12.8. The highest BCUT2D eigenvalue weighted by atomic mass is 32.2. The molecule has 1 aliphatic heterocycles. The van der Waals surface area contributed by atoms with Crippen LogP contribution in [0.1, 0.15) is 43.4 Å². The minimum atomic E-state index is -3.49. The van der Waals surface area contributed by atoms with Gasteiger partial charge in [-0.15, -0.1) is 0 Å². The number of nitrogens with zero attached hydrogens (tertiary/aromatic N) is 1. The first-order chi connectivity index (χ1) is 13.4. The molecule has 0 aliphatic carbocycles. The minimum absolute atomic E-state index is 0.0141. The van der Waals surface area contributed by atoms with Crippen LogP contribution in [0.2, 0.25) is 0 Å². The third-order valence-corrected chi connectivity index (χ3v) is 7.41. The number of piperidine rings is 1. The summed E-state index contributed by atoms with van der Waals surface area (Å²) in [5.74, 6) is -0.132. The molecule has 2 aromatic rings. The number of amides is 1. The van der Waals surface area contributed by atoms with Crippen LogP contribution >= 0.6 is 0 Å². The number of nitrogens with one attached hydrogen (secondary N) is 1. The van der Waals surface area contributed by atoms with E-state index in [0.29, 0.717) is 30.8 Å². The average Bonchev–Trinajstić information content (AvgIpc) is 2.73. The fraction of sp³-hybridized carbons (Fsp3) is 0.409. The summed E-state index contributed by atoms with van der Waals surface area (Å²) in [5, 5.41) is 3.17. The molecule has 5 nitrogen and oxygen atoms in total. The molecule has 0 bridgehead atoms. The number of carbonyl (C=O) groups excluding carboxylic acids is 1. The van der Waals surface area contributed by atoms with Gasteiger partial charge >= 0.3 is 0 Å². The maximum absolute atomic E-state index is 12.8. The normalized spacial score (nSPS) is 17.2. The van der Waals surface area contributed by atoms with Gasteiger partial charge in [-0.05, 0) is 49.4 Å². The molecule has 1 N–H and O–H groups in total. The van der Waals surface area contributed by atoms with Gasteiger partial charge < -0.3 is 5.32 Å². The van der Waals surface area contributed by atoms with E-state index < -0.39 is 10.0 Å². The molecule has 1 aliphatic rings. The van der Waals surface area contributed by atoms with Crippen molar-refractivity contribution in [1.29, 1.82) is 0 Å². The molecule has 2 aromatic carbocycles. The van der Waals surface area contributed by atoms with Crippen molar-refractivity contribution in [1.82, 2.24) is 9.62 Å². The Morgan fingerprint density at radius 3 is 2.29 bits per heavy atom. The highest BCUT2D eigenvalue weighted by Crippen LogP contribution is 2.26. The van der Waals surface area contributed by atoms with Crippen molar-refractivity contribution in [3.05, 3.63) is 65.7 Å². The van der Waals surface area contributed by atoms with Crippen molar-refractivity contribution >= 4 is 15.9 Å². The van der Waals surface area contributed by atoms with E-state index in [1.807, 2.05) is 12.1 Å². The summed E-state index contributed by atoms with van der Waals surface area (Å²) in [7, 11) is -3.49. The predicted octanol–water partition coefficient (Wildman–Crippen LogP) is 3.66. The van der Waals surface area contributed by atoms with Gasteiger partial charge in [0.25, 0.3) is 0 Å². The monoisotopic (exact) mass is 400 g/mol. The molecule has 1 saturated heterocycles. The SMILES string of the molecule is CC[C@H](NC(=O)C1CCN(S(=O)(=O)c2ccccc2)CC1)c1ccccc1C. The molecule has 28 heavy (non-hydrogen) atoms. The standard InChI is InChI=1S/C22H28N2O3S/c1-3-21(20-12-8-7-9-17(20)2)23-22(25)18-13-15-24(16-14-18)28(26,27)19-10-5-4-6-11-19/h4-12,18,21H,3,13-16H2,1-2H3,(H,23,25)/t21-/m0/s1. The Kier molecular flexibility index (Phi) is 6.52. The Morgan fingerprint density at radius 2 is 1.68 bits per heavy atom. The van der Waals surface area contributed by atoms with Crippen LogP contribution in [0.4, 0.5) is 0 Å². The van der Waals surface area contributed by atoms with Gasteiger partial charge in [0.2, 0.25) is 15.9 Å². The fourth-order valence-electron chi connectivity index (χ4n) is 3.77. The first-order valence-corrected chi connectivity index (χ1v) is 11.3. The largest absolute Gasteiger partial charge is 0.349 e. The van der Waals surface area contributed by atoms with Crippen LogP contribution in [0.5, 0.6) is 0 Å². The second-order valence-corrected chi connectivity index (χ2v) is 9.26. The number of carbonyl (C=O) groups is 1. The van der Waals surface area contributed by atoms with Crippen molar-refractivity contribution in [2.24, 2.45) is 5.92 Å². The van der Waals surface area contributed by atoms with Crippen molar-refractivity contribution in [3.63, 3.8) is 0 Å². The Hall–Kier alpha value is -2.18. The minimum Gasteiger partial charge on any atom is -0.349 e. The smallest absolute Gasteiger partial charge is 0.243 e. The van der Waals surface area contributed by atoms with Crippen molar-refractivity contribution in [3.8, 4) is 0 Å². The van der Waals surface area contributed by atoms with E-state index in [1.54, 1.807) is 30.3 Å². The summed E-state index contributed by atoms with van der Waals surface area (Å²) in [5.41, 5.74) is 2.31. The Balaban J connectivity index is 1.61. The van der Waals surface area contributed by atoms with Crippen LogP contribution < -0.4 is 5.32 Å². The third-order valence-electron chi connectivity index (χ3n) is 5.49. The van der Waals surface area contributed by atoms with Gasteiger partial charge in [0.15, 0.2) is 0 Å². The lowest BCUT2D eigenvalue weighted by molar-refractivity contribution is -0.126. The first kappa shape index (κ1) is 20.6. The Bertz CT molecular complexity index is 904. The number of hydrogen-bond acceptors (Lipinski definition) is 3. The predicted molar refractivity (Wildman–Crippen MR) is 110 cm³/mol. The lowest BCUT2D eigenvalue weighted by Crippen LogP contribution is -2.43. The third kappa shape index (κ3) is 4.45. The molecule has 0 unspecified atom stereocenters. The van der Waals surface area contributed by atoms with Crippen LogP contribution in [0.3, 0.4) is 0 Å². The highest BCUT2D eigenvalue weighted by Gasteiger charge is 2.32. The average molecular weight is 401 g/mol. The Morgan fingerprint density at radius 1 is 1.07 bits per heavy atom. The number of sulfonamides is 1. The quantitative estimate of drug-likeness (QED) is 0.805. The summed E-state index contributed by atoms with van der Waals surface area (Å²) in [6.07, 6.45) is 1.90. The lowest BCUT2D eigenvalue weighted by Gasteiger charge is -2.31. The number of aryl methyl sites for hydroxylation is 1. The molecule has 0 aromatic heterocycles. The van der Waals surface area contributed by atoms with Crippen LogP contribution in [0, 0.1) is 12.8 Å². The van der Waals surface area contributed by atoms with E-state index in [4.69, 9.17) is 0 Å². The zero-order chi connectivity index (χ0) is 20.1. The van der Waals surface area contributed by atoms with Crippen molar-refractivity contribution in [2.45, 2.75) is 44.0 Å². The molecule has 1 heterocycles. The van der Waals surface area contributed by atoms with Crippen molar-refractivity contribution < 1.29 is 13.2 Å². The zero-order valence-corrected chi connectivity index (χ0v) is 17.3. The van der Waals surface area contributed by atoms with Gasteiger partial charge in [0.1, 0.15) is 0 Å². The molecule has 1 amide bonds. The number of rotatable bonds is 6. The summed E-state index contributed by atoms with van der Waals surface area (Å²) in [6.45, 7) is 4.86. The molecule has 0 spiro atoms. The van der Waals surface area contributed by atoms with Crippen molar-refractivity contribution in [2.75, 3.05) is 13.1 Å². The van der Waals surface area contributed by atoms with Crippen LogP contribution in [-0.4, -0.2) is 31.7 Å².